The quantitative estimate of drug-likeness (QED) is 0.348. The fourth-order valence-corrected chi connectivity index (χ4v) is 4.08. The summed E-state index contributed by atoms with van der Waals surface area (Å²) in [7, 11) is 2.13. The topological polar surface area (TPSA) is 102 Å². The number of anilines is 2. The summed E-state index contributed by atoms with van der Waals surface area (Å²) in [6.45, 7) is 2.09. The van der Waals surface area contributed by atoms with Gasteiger partial charge in [-0.2, -0.15) is 5.10 Å². The molecule has 32 heavy (non-hydrogen) atoms. The van der Waals surface area contributed by atoms with Crippen LogP contribution in [-0.4, -0.2) is 56.4 Å². The third-order valence-electron chi connectivity index (χ3n) is 5.94. The monoisotopic (exact) mass is 429 g/mol. The number of hydrogen-bond acceptors (Lipinski definition) is 7. The summed E-state index contributed by atoms with van der Waals surface area (Å²) in [4.78, 5) is 11.4. The molecule has 5 rings (SSSR count). The molecule has 0 radical (unpaired) electrons. The zero-order valence-electron chi connectivity index (χ0n) is 18.0. The van der Waals surface area contributed by atoms with Gasteiger partial charge in [0.25, 0.3) is 0 Å². The van der Waals surface area contributed by atoms with E-state index in [0.717, 1.165) is 53.6 Å². The number of piperidine rings is 1. The Kier molecular flexibility index (Phi) is 5.81. The van der Waals surface area contributed by atoms with Crippen molar-refractivity contribution in [3.8, 4) is 11.4 Å². The van der Waals surface area contributed by atoms with Gasteiger partial charge in [-0.25, -0.2) is 9.97 Å². The lowest BCUT2D eigenvalue weighted by Crippen LogP contribution is -2.42. The molecule has 1 saturated heterocycles. The van der Waals surface area contributed by atoms with Crippen LogP contribution < -0.4 is 10.6 Å². The summed E-state index contributed by atoms with van der Waals surface area (Å²) in [5.41, 5.74) is 3.59. The Labute approximate surface area is 186 Å². The maximum absolute atomic E-state index is 10.7. The zero-order valence-corrected chi connectivity index (χ0v) is 18.0. The summed E-state index contributed by atoms with van der Waals surface area (Å²) >= 11 is 0. The van der Waals surface area contributed by atoms with Crippen LogP contribution in [0.1, 0.15) is 24.6 Å². The van der Waals surface area contributed by atoms with Crippen molar-refractivity contribution in [1.82, 2.24) is 30.4 Å². The van der Waals surface area contributed by atoms with Gasteiger partial charge in [-0.1, -0.05) is 18.2 Å². The number of H-pyrrole nitrogens is 1. The summed E-state index contributed by atoms with van der Waals surface area (Å²) < 4.78 is 0. The van der Waals surface area contributed by atoms with Gasteiger partial charge in [0.2, 0.25) is 0 Å². The molecular weight excluding hydrogens is 402 g/mol. The fraction of sp³-hybridized carbons (Fsp3) is 0.292. The Morgan fingerprint density at radius 2 is 2.00 bits per heavy atom. The van der Waals surface area contributed by atoms with E-state index in [1.54, 1.807) is 12.4 Å². The van der Waals surface area contributed by atoms with E-state index >= 15 is 0 Å². The molecule has 0 spiro atoms. The van der Waals surface area contributed by atoms with Crippen LogP contribution in [-0.2, 0) is 0 Å². The van der Waals surface area contributed by atoms with E-state index in [9.17, 15) is 5.11 Å². The molecule has 2 aromatic carbocycles. The van der Waals surface area contributed by atoms with Crippen LogP contribution in [0.3, 0.4) is 0 Å². The molecule has 4 N–H and O–H groups in total. The molecule has 4 aromatic rings. The first-order valence-electron chi connectivity index (χ1n) is 10.9. The molecule has 1 aliphatic rings. The first-order chi connectivity index (χ1) is 15.6. The highest BCUT2D eigenvalue weighted by Gasteiger charge is 2.20. The van der Waals surface area contributed by atoms with Gasteiger partial charge in [0.05, 0.1) is 11.7 Å². The number of nitrogens with one attached hydrogen (secondary N) is 3. The molecule has 1 aliphatic heterocycles. The van der Waals surface area contributed by atoms with E-state index in [1.165, 1.54) is 0 Å². The highest BCUT2D eigenvalue weighted by atomic mass is 16.3. The average Bonchev–Trinajstić information content (AvgIpc) is 3.29. The number of rotatable bonds is 6. The molecule has 0 bridgehead atoms. The summed E-state index contributed by atoms with van der Waals surface area (Å²) in [5.74, 6) is 1.31. The van der Waals surface area contributed by atoms with Crippen molar-refractivity contribution < 1.29 is 5.11 Å². The smallest absolute Gasteiger partial charge is 0.161 e. The molecule has 0 aliphatic carbocycles. The van der Waals surface area contributed by atoms with Crippen LogP contribution in [0, 0.1) is 0 Å². The van der Waals surface area contributed by atoms with Crippen molar-refractivity contribution in [3.63, 3.8) is 0 Å². The van der Waals surface area contributed by atoms with Crippen LogP contribution in [0.4, 0.5) is 11.5 Å². The Hall–Kier alpha value is -3.33. The van der Waals surface area contributed by atoms with Gasteiger partial charge in [0, 0.05) is 28.9 Å². The molecule has 1 fully saturated rings. The fourth-order valence-electron chi connectivity index (χ4n) is 4.08. The van der Waals surface area contributed by atoms with Crippen LogP contribution in [0.2, 0.25) is 0 Å². The number of nitrogens with zero attached hydrogens (tertiary/aromatic N) is 4. The Morgan fingerprint density at radius 3 is 2.88 bits per heavy atom. The van der Waals surface area contributed by atoms with Crippen molar-refractivity contribution in [2.24, 2.45) is 0 Å². The zero-order chi connectivity index (χ0) is 21.9. The van der Waals surface area contributed by atoms with Crippen molar-refractivity contribution in [2.45, 2.75) is 25.1 Å². The molecule has 1 unspecified atom stereocenters. The van der Waals surface area contributed by atoms with Crippen LogP contribution in [0.15, 0.2) is 60.9 Å². The predicted molar refractivity (Wildman–Crippen MR) is 125 cm³/mol. The lowest BCUT2D eigenvalue weighted by molar-refractivity contribution is 0.104. The van der Waals surface area contributed by atoms with Crippen molar-refractivity contribution in [2.75, 3.05) is 25.5 Å². The number of benzene rings is 2. The Bertz CT molecular complexity index is 1200. The summed E-state index contributed by atoms with van der Waals surface area (Å²) in [5, 5.41) is 25.5. The number of aromatic amines is 1. The lowest BCUT2D eigenvalue weighted by Gasteiger charge is -2.31. The Balaban J connectivity index is 1.31. The Morgan fingerprint density at radius 1 is 1.12 bits per heavy atom. The maximum Gasteiger partial charge on any atom is 0.161 e. The van der Waals surface area contributed by atoms with E-state index in [1.807, 2.05) is 48.5 Å². The highest BCUT2D eigenvalue weighted by Crippen LogP contribution is 2.24. The first-order valence-corrected chi connectivity index (χ1v) is 10.9. The number of aliphatic hydroxyl groups is 1. The largest absolute Gasteiger partial charge is 0.374 e. The van der Waals surface area contributed by atoms with Gasteiger partial charge in [-0.05, 0) is 68.9 Å². The van der Waals surface area contributed by atoms with Crippen molar-refractivity contribution in [3.05, 3.63) is 66.5 Å². The average molecular weight is 430 g/mol. The number of fused-ring (bicyclic) bond motifs is 1. The van der Waals surface area contributed by atoms with Crippen molar-refractivity contribution >= 4 is 22.4 Å². The van der Waals surface area contributed by atoms with Gasteiger partial charge in [-0.3, -0.25) is 10.4 Å². The summed E-state index contributed by atoms with van der Waals surface area (Å²) in [6, 6.07) is 15.9. The molecular formula is C24H27N7O. The molecule has 8 nitrogen and oxygen atoms in total. The second kappa shape index (κ2) is 9.04. The third-order valence-corrected chi connectivity index (χ3v) is 5.94. The molecule has 3 heterocycles. The lowest BCUT2D eigenvalue weighted by atomic mass is 10.0. The van der Waals surface area contributed by atoms with Crippen LogP contribution in [0.25, 0.3) is 22.3 Å². The van der Waals surface area contributed by atoms with E-state index < -0.39 is 6.23 Å². The van der Waals surface area contributed by atoms with Crippen LogP contribution >= 0.6 is 0 Å². The highest BCUT2D eigenvalue weighted by molar-refractivity contribution is 5.82. The van der Waals surface area contributed by atoms with E-state index in [-0.39, 0.29) is 0 Å². The SMILES string of the molecule is CN1CCC(NC(O)c2cccc(-c3nccc(Nc4ccc5[nH]ncc5c4)n3)c2)CC1. The van der Waals surface area contributed by atoms with Gasteiger partial charge < -0.3 is 15.3 Å². The molecule has 0 saturated carbocycles. The second-order valence-corrected chi connectivity index (χ2v) is 8.33. The molecule has 0 amide bonds. The first kappa shape index (κ1) is 20.6. The minimum absolute atomic E-state index is 0.321. The van der Waals surface area contributed by atoms with Gasteiger partial charge in [-0.15, -0.1) is 0 Å². The normalized spacial score (nSPS) is 16.3. The predicted octanol–water partition coefficient (Wildman–Crippen LogP) is 3.44. The van der Waals surface area contributed by atoms with E-state index in [0.29, 0.717) is 17.7 Å². The van der Waals surface area contributed by atoms with Gasteiger partial charge in [0.1, 0.15) is 12.0 Å². The molecule has 164 valence electrons. The third kappa shape index (κ3) is 4.62. The van der Waals surface area contributed by atoms with Crippen molar-refractivity contribution in [1.29, 1.82) is 0 Å². The van der Waals surface area contributed by atoms with E-state index in [4.69, 9.17) is 0 Å². The van der Waals surface area contributed by atoms with Gasteiger partial charge >= 0.3 is 0 Å². The standard InChI is InChI=1S/C24H27N7O/c1-31-11-8-19(9-12-31)28-24(32)17-4-2-3-16(13-17)23-25-10-7-22(29-23)27-20-5-6-21-18(14-20)15-26-30-21/h2-7,10,13-15,19,24,28,32H,8-9,11-12H2,1H3,(H,26,30)(H,25,27,29). The summed E-state index contributed by atoms with van der Waals surface area (Å²) in [6.07, 6.45) is 4.89. The molecule has 2 aromatic heterocycles. The van der Waals surface area contributed by atoms with Crippen LogP contribution in [0.5, 0.6) is 0 Å². The maximum atomic E-state index is 10.7. The minimum Gasteiger partial charge on any atom is -0.374 e. The second-order valence-electron chi connectivity index (χ2n) is 8.33. The van der Waals surface area contributed by atoms with E-state index in [2.05, 4.69) is 42.7 Å². The number of aliphatic hydroxyl groups excluding tert-OH is 1. The minimum atomic E-state index is -0.716. The molecule has 1 atom stereocenters. The number of hydrogen-bond donors (Lipinski definition) is 4. The number of likely N-dealkylation sites (tertiary alicyclic amines) is 1. The molecule has 8 heteroatoms. The number of aromatic nitrogens is 4. The van der Waals surface area contributed by atoms with Gasteiger partial charge in [0.15, 0.2) is 5.82 Å².